The fourth-order valence-electron chi connectivity index (χ4n) is 4.41. The summed E-state index contributed by atoms with van der Waals surface area (Å²) in [5.41, 5.74) is 2.03. The van der Waals surface area contributed by atoms with Gasteiger partial charge in [-0.2, -0.15) is 9.78 Å². The van der Waals surface area contributed by atoms with E-state index in [9.17, 15) is 4.79 Å². The Bertz CT molecular complexity index is 2050. The Hall–Kier alpha value is -4.01. The molecule has 0 aliphatic rings. The number of furan rings is 1. The molecule has 0 N–H and O–H groups in total. The number of rotatable bonds is 7. The number of hydrogen-bond acceptors (Lipinski definition) is 6. The van der Waals surface area contributed by atoms with Gasteiger partial charge in [-0.1, -0.05) is 70.7 Å². The number of nitrogens with zero attached hydrogens (tertiary/aromatic N) is 3. The van der Waals surface area contributed by atoms with Crippen molar-refractivity contribution >= 4 is 74.5 Å². The van der Waals surface area contributed by atoms with Gasteiger partial charge in [0.25, 0.3) is 5.56 Å². The summed E-state index contributed by atoms with van der Waals surface area (Å²) < 4.78 is 18.6. The van der Waals surface area contributed by atoms with Crippen LogP contribution in [0.4, 0.5) is 0 Å². The number of ether oxygens (including phenoxy) is 2. The van der Waals surface area contributed by atoms with Crippen molar-refractivity contribution in [2.45, 2.75) is 6.61 Å². The molecular formula is C31H19Cl4N3O4. The summed E-state index contributed by atoms with van der Waals surface area (Å²) >= 11 is 25.1. The third-order valence-electron chi connectivity index (χ3n) is 6.43. The van der Waals surface area contributed by atoms with E-state index in [1.165, 1.54) is 10.9 Å². The van der Waals surface area contributed by atoms with Crippen molar-refractivity contribution < 1.29 is 13.9 Å². The van der Waals surface area contributed by atoms with E-state index in [-0.39, 0.29) is 28.0 Å². The Labute approximate surface area is 259 Å². The zero-order chi connectivity index (χ0) is 29.4. The number of para-hydroxylation sites is 1. The monoisotopic (exact) mass is 637 g/mol. The standard InChI is InChI=1S/C31H19Cl4N3O4/c1-40-26-7-4-8-27-20(26)14-28(42-27)30-37-25-6-3-2-5-19(25)31(39)38(30)36-15-18-12-23(34)29(24(35)13-18)41-16-17-9-10-21(32)22(33)11-17/h2-15H,16H2,1H3. The second-order valence-corrected chi connectivity index (χ2v) is 10.8. The van der Waals surface area contributed by atoms with Gasteiger partial charge in [-0.05, 0) is 65.7 Å². The second kappa shape index (κ2) is 11.7. The zero-order valence-corrected chi connectivity index (χ0v) is 24.8. The third kappa shape index (κ3) is 5.44. The highest BCUT2D eigenvalue weighted by Crippen LogP contribution is 2.36. The lowest BCUT2D eigenvalue weighted by Crippen LogP contribution is -2.20. The van der Waals surface area contributed by atoms with Crippen molar-refractivity contribution in [1.82, 2.24) is 9.66 Å². The fraction of sp³-hybridized carbons (Fsp3) is 0.0645. The summed E-state index contributed by atoms with van der Waals surface area (Å²) in [5.74, 6) is 1.48. The zero-order valence-electron chi connectivity index (χ0n) is 21.8. The van der Waals surface area contributed by atoms with Gasteiger partial charge in [0.05, 0.1) is 49.7 Å². The first kappa shape index (κ1) is 28.1. The first-order valence-corrected chi connectivity index (χ1v) is 14.0. The molecule has 42 heavy (non-hydrogen) atoms. The molecule has 0 aliphatic heterocycles. The number of aromatic nitrogens is 2. The van der Waals surface area contributed by atoms with E-state index < -0.39 is 0 Å². The average molecular weight is 639 g/mol. The van der Waals surface area contributed by atoms with E-state index >= 15 is 0 Å². The van der Waals surface area contributed by atoms with E-state index in [0.717, 1.165) is 10.9 Å². The summed E-state index contributed by atoms with van der Waals surface area (Å²) in [6.45, 7) is 0.174. The first-order valence-electron chi connectivity index (χ1n) is 12.5. The highest BCUT2D eigenvalue weighted by Gasteiger charge is 2.18. The van der Waals surface area contributed by atoms with Crippen LogP contribution in [0.3, 0.4) is 0 Å². The predicted molar refractivity (Wildman–Crippen MR) is 168 cm³/mol. The molecule has 11 heteroatoms. The topological polar surface area (TPSA) is 78.9 Å². The summed E-state index contributed by atoms with van der Waals surface area (Å²) in [7, 11) is 1.58. The van der Waals surface area contributed by atoms with Crippen LogP contribution in [0.15, 0.2) is 93.2 Å². The molecule has 7 nitrogen and oxygen atoms in total. The molecule has 0 radical (unpaired) electrons. The third-order valence-corrected chi connectivity index (χ3v) is 7.73. The number of methoxy groups -OCH3 is 1. The molecule has 0 aliphatic carbocycles. The molecule has 2 heterocycles. The normalized spacial score (nSPS) is 11.5. The average Bonchev–Trinajstić information content (AvgIpc) is 3.42. The molecule has 0 fully saturated rings. The Balaban J connectivity index is 1.37. The van der Waals surface area contributed by atoms with Crippen LogP contribution < -0.4 is 15.0 Å². The molecule has 4 aromatic carbocycles. The Morgan fingerprint density at radius 2 is 1.67 bits per heavy atom. The first-order chi connectivity index (χ1) is 20.3. The van der Waals surface area contributed by atoms with Gasteiger partial charge in [0, 0.05) is 0 Å². The van der Waals surface area contributed by atoms with Gasteiger partial charge in [-0.15, -0.1) is 0 Å². The van der Waals surface area contributed by atoms with Crippen LogP contribution in [0.1, 0.15) is 11.1 Å². The molecule has 0 saturated carbocycles. The SMILES string of the molecule is COc1cccc2oc(-c3nc4ccccc4c(=O)n3N=Cc3cc(Cl)c(OCc4ccc(Cl)c(Cl)c4)c(Cl)c3)cc12. The van der Waals surface area contributed by atoms with Crippen molar-refractivity contribution in [1.29, 1.82) is 0 Å². The van der Waals surface area contributed by atoms with Crippen molar-refractivity contribution in [2.24, 2.45) is 5.10 Å². The molecule has 0 unspecified atom stereocenters. The summed E-state index contributed by atoms with van der Waals surface area (Å²) in [5, 5.41) is 7.00. The van der Waals surface area contributed by atoms with Crippen molar-refractivity contribution in [3.05, 3.63) is 120 Å². The number of benzene rings is 4. The molecule has 0 amide bonds. The quantitative estimate of drug-likeness (QED) is 0.163. The van der Waals surface area contributed by atoms with Gasteiger partial charge in [0.15, 0.2) is 11.5 Å². The maximum absolute atomic E-state index is 13.6. The number of halogens is 4. The Morgan fingerprint density at radius 1 is 0.881 bits per heavy atom. The van der Waals surface area contributed by atoms with Crippen LogP contribution in [-0.4, -0.2) is 23.0 Å². The molecule has 6 rings (SSSR count). The van der Waals surface area contributed by atoms with Gasteiger partial charge >= 0.3 is 0 Å². The highest BCUT2D eigenvalue weighted by atomic mass is 35.5. The molecule has 210 valence electrons. The van der Waals surface area contributed by atoms with Crippen LogP contribution in [-0.2, 0) is 6.61 Å². The molecule has 0 atom stereocenters. The van der Waals surface area contributed by atoms with Crippen molar-refractivity contribution in [2.75, 3.05) is 7.11 Å². The maximum atomic E-state index is 13.6. The largest absolute Gasteiger partial charge is 0.496 e. The Kier molecular flexibility index (Phi) is 7.84. The molecule has 6 aromatic rings. The highest BCUT2D eigenvalue weighted by molar-refractivity contribution is 6.42. The van der Waals surface area contributed by atoms with Crippen LogP contribution >= 0.6 is 46.4 Å². The van der Waals surface area contributed by atoms with Gasteiger partial charge in [0.2, 0.25) is 5.82 Å². The number of hydrogen-bond donors (Lipinski definition) is 0. The predicted octanol–water partition coefficient (Wildman–Crippen LogP) is 8.89. The summed E-state index contributed by atoms with van der Waals surface area (Å²) in [4.78, 5) is 18.3. The molecule has 0 spiro atoms. The van der Waals surface area contributed by atoms with E-state index in [2.05, 4.69) is 5.10 Å². The van der Waals surface area contributed by atoms with Crippen LogP contribution in [0.5, 0.6) is 11.5 Å². The lowest BCUT2D eigenvalue weighted by Gasteiger charge is -2.11. The molecule has 2 aromatic heterocycles. The van der Waals surface area contributed by atoms with Gasteiger partial charge in [-0.25, -0.2) is 4.98 Å². The minimum absolute atomic E-state index is 0.174. The maximum Gasteiger partial charge on any atom is 0.282 e. The van der Waals surface area contributed by atoms with E-state index in [1.807, 2.05) is 24.3 Å². The lowest BCUT2D eigenvalue weighted by atomic mass is 10.2. The second-order valence-electron chi connectivity index (χ2n) is 9.15. The minimum Gasteiger partial charge on any atom is -0.496 e. The van der Waals surface area contributed by atoms with Crippen LogP contribution in [0, 0.1) is 0 Å². The number of fused-ring (bicyclic) bond motifs is 2. The van der Waals surface area contributed by atoms with E-state index in [4.69, 9.17) is 65.3 Å². The minimum atomic E-state index is -0.377. The van der Waals surface area contributed by atoms with E-state index in [1.54, 1.807) is 61.7 Å². The van der Waals surface area contributed by atoms with Crippen LogP contribution in [0.2, 0.25) is 20.1 Å². The van der Waals surface area contributed by atoms with E-state index in [0.29, 0.717) is 49.4 Å². The van der Waals surface area contributed by atoms with Gasteiger partial charge in [-0.3, -0.25) is 4.79 Å². The molecular weight excluding hydrogens is 620 g/mol. The molecule has 0 saturated heterocycles. The smallest absolute Gasteiger partial charge is 0.282 e. The molecule has 0 bridgehead atoms. The van der Waals surface area contributed by atoms with Crippen molar-refractivity contribution in [3.63, 3.8) is 0 Å². The lowest BCUT2D eigenvalue weighted by molar-refractivity contribution is 0.306. The fourth-order valence-corrected chi connectivity index (χ4v) is 5.35. The van der Waals surface area contributed by atoms with Crippen molar-refractivity contribution in [3.8, 4) is 23.1 Å². The van der Waals surface area contributed by atoms with Gasteiger partial charge < -0.3 is 13.9 Å². The Morgan fingerprint density at radius 3 is 2.43 bits per heavy atom. The van der Waals surface area contributed by atoms with Gasteiger partial charge in [0.1, 0.15) is 17.9 Å². The summed E-state index contributed by atoms with van der Waals surface area (Å²) in [6, 6.07) is 22.7. The summed E-state index contributed by atoms with van der Waals surface area (Å²) in [6.07, 6.45) is 1.46. The van der Waals surface area contributed by atoms with Crippen LogP contribution in [0.25, 0.3) is 33.5 Å².